The molecule has 1 aromatic rings. The van der Waals surface area contributed by atoms with Gasteiger partial charge in [-0.05, 0) is 56.8 Å². The summed E-state index contributed by atoms with van der Waals surface area (Å²) >= 11 is 0. The first-order valence-corrected chi connectivity index (χ1v) is 9.20. The van der Waals surface area contributed by atoms with Crippen LogP contribution in [0.4, 0.5) is 13.2 Å². The van der Waals surface area contributed by atoms with Crippen molar-refractivity contribution in [2.45, 2.75) is 51.3 Å². The van der Waals surface area contributed by atoms with E-state index >= 15 is 0 Å². The molecule has 8 heteroatoms. The first kappa shape index (κ1) is 23.6. The standard InChI is InChI=1S/C19H27F3N2O2.ClH/c1-2-15(26-17-6-4-3-5-16(17)19(20,21)22)13-24-18(25)8-7-14-9-11-23-12-10-14;/h3-6,14-15,23H,2,7-13H2,1H3,(H,24,25);1H. The molecule has 0 bridgehead atoms. The van der Waals surface area contributed by atoms with E-state index in [0.717, 1.165) is 38.4 Å². The van der Waals surface area contributed by atoms with Crippen LogP contribution in [0.15, 0.2) is 24.3 Å². The van der Waals surface area contributed by atoms with Gasteiger partial charge in [0.05, 0.1) is 12.1 Å². The molecule has 0 radical (unpaired) electrons. The molecule has 1 fully saturated rings. The highest BCUT2D eigenvalue weighted by molar-refractivity contribution is 5.85. The van der Waals surface area contributed by atoms with Crippen molar-refractivity contribution in [3.8, 4) is 5.75 Å². The molecular weight excluding hydrogens is 381 g/mol. The summed E-state index contributed by atoms with van der Waals surface area (Å²) in [7, 11) is 0. The maximum atomic E-state index is 13.0. The van der Waals surface area contributed by atoms with Gasteiger partial charge in [0.25, 0.3) is 0 Å². The van der Waals surface area contributed by atoms with E-state index in [4.69, 9.17) is 4.74 Å². The van der Waals surface area contributed by atoms with Gasteiger partial charge in [-0.1, -0.05) is 19.1 Å². The fraction of sp³-hybridized carbons (Fsp3) is 0.632. The number of amides is 1. The van der Waals surface area contributed by atoms with Crippen LogP contribution in [0.5, 0.6) is 5.75 Å². The molecular formula is C19H28ClF3N2O2. The molecule has 4 nitrogen and oxygen atoms in total. The normalized spacial score (nSPS) is 16.3. The lowest BCUT2D eigenvalue weighted by Crippen LogP contribution is -2.35. The molecule has 0 spiro atoms. The van der Waals surface area contributed by atoms with Crippen molar-refractivity contribution in [1.82, 2.24) is 10.6 Å². The Hall–Kier alpha value is -1.47. The number of para-hydroxylation sites is 1. The van der Waals surface area contributed by atoms with Crippen LogP contribution in [-0.2, 0) is 11.0 Å². The zero-order valence-corrected chi connectivity index (χ0v) is 16.3. The molecule has 1 atom stereocenters. The summed E-state index contributed by atoms with van der Waals surface area (Å²) in [5.74, 6) is 0.296. The molecule has 0 saturated carbocycles. The van der Waals surface area contributed by atoms with Crippen LogP contribution in [0.3, 0.4) is 0 Å². The summed E-state index contributed by atoms with van der Waals surface area (Å²) in [6, 6.07) is 5.15. The number of hydrogen-bond acceptors (Lipinski definition) is 3. The molecule has 1 heterocycles. The van der Waals surface area contributed by atoms with Crippen LogP contribution in [0.1, 0.15) is 44.6 Å². The van der Waals surface area contributed by atoms with E-state index in [1.54, 1.807) is 0 Å². The number of ether oxygens (including phenoxy) is 1. The van der Waals surface area contributed by atoms with Gasteiger partial charge in [-0.15, -0.1) is 12.4 Å². The Balaban J connectivity index is 0.00000364. The summed E-state index contributed by atoms with van der Waals surface area (Å²) in [5, 5.41) is 6.08. The lowest BCUT2D eigenvalue weighted by Gasteiger charge is -2.23. The summed E-state index contributed by atoms with van der Waals surface area (Å²) in [5.41, 5.74) is -0.796. The van der Waals surface area contributed by atoms with E-state index < -0.39 is 17.8 Å². The van der Waals surface area contributed by atoms with Crippen molar-refractivity contribution in [2.24, 2.45) is 5.92 Å². The van der Waals surface area contributed by atoms with Gasteiger partial charge in [-0.25, -0.2) is 0 Å². The Morgan fingerprint density at radius 1 is 1.30 bits per heavy atom. The van der Waals surface area contributed by atoms with Crippen LogP contribution in [0.2, 0.25) is 0 Å². The van der Waals surface area contributed by atoms with Crippen molar-refractivity contribution in [1.29, 1.82) is 0 Å². The third-order valence-corrected chi connectivity index (χ3v) is 4.71. The lowest BCUT2D eigenvalue weighted by molar-refractivity contribution is -0.139. The number of hydrogen-bond donors (Lipinski definition) is 2. The Labute approximate surface area is 164 Å². The van der Waals surface area contributed by atoms with Crippen molar-refractivity contribution < 1.29 is 22.7 Å². The highest BCUT2D eigenvalue weighted by Crippen LogP contribution is 2.36. The molecule has 2 N–H and O–H groups in total. The second kappa shape index (κ2) is 11.4. The van der Waals surface area contributed by atoms with Gasteiger partial charge in [0, 0.05) is 6.42 Å². The number of piperidine rings is 1. The van der Waals surface area contributed by atoms with Crippen LogP contribution in [0.25, 0.3) is 0 Å². The summed E-state index contributed by atoms with van der Waals surface area (Å²) in [6.07, 6.45) is -0.998. The number of halogens is 4. The van der Waals surface area contributed by atoms with Gasteiger partial charge in [0.1, 0.15) is 11.9 Å². The molecule has 1 unspecified atom stereocenters. The number of benzene rings is 1. The quantitative estimate of drug-likeness (QED) is 0.678. The third-order valence-electron chi connectivity index (χ3n) is 4.71. The van der Waals surface area contributed by atoms with Gasteiger partial charge >= 0.3 is 6.18 Å². The molecule has 0 aliphatic carbocycles. The van der Waals surface area contributed by atoms with Gasteiger partial charge in [-0.2, -0.15) is 13.2 Å². The number of nitrogens with one attached hydrogen (secondary N) is 2. The maximum Gasteiger partial charge on any atom is 0.419 e. The van der Waals surface area contributed by atoms with E-state index in [2.05, 4.69) is 10.6 Å². The van der Waals surface area contributed by atoms with Gasteiger partial charge < -0.3 is 15.4 Å². The van der Waals surface area contributed by atoms with Crippen molar-refractivity contribution in [2.75, 3.05) is 19.6 Å². The second-order valence-electron chi connectivity index (χ2n) is 6.68. The number of alkyl halides is 3. The first-order valence-electron chi connectivity index (χ1n) is 9.20. The van der Waals surface area contributed by atoms with E-state index in [1.165, 1.54) is 18.2 Å². The average Bonchev–Trinajstić information content (AvgIpc) is 2.63. The summed E-state index contributed by atoms with van der Waals surface area (Å²) in [6.45, 7) is 4.02. The van der Waals surface area contributed by atoms with Crippen LogP contribution in [0, 0.1) is 5.92 Å². The number of carbonyl (C=O) groups excluding carboxylic acids is 1. The fourth-order valence-corrected chi connectivity index (χ4v) is 3.07. The third kappa shape index (κ3) is 7.97. The summed E-state index contributed by atoms with van der Waals surface area (Å²) < 4.78 is 44.6. The Morgan fingerprint density at radius 3 is 2.59 bits per heavy atom. The molecule has 27 heavy (non-hydrogen) atoms. The Morgan fingerprint density at radius 2 is 1.96 bits per heavy atom. The minimum atomic E-state index is -4.47. The molecule has 0 aromatic heterocycles. The van der Waals surface area contributed by atoms with Crippen LogP contribution < -0.4 is 15.4 Å². The molecule has 2 rings (SSSR count). The zero-order chi connectivity index (χ0) is 19.0. The van der Waals surface area contributed by atoms with Gasteiger partial charge in [0.15, 0.2) is 0 Å². The molecule has 1 aliphatic heterocycles. The van der Waals surface area contributed by atoms with Gasteiger partial charge in [-0.3, -0.25) is 4.79 Å². The molecule has 1 aliphatic rings. The zero-order valence-electron chi connectivity index (χ0n) is 15.5. The fourth-order valence-electron chi connectivity index (χ4n) is 3.07. The highest BCUT2D eigenvalue weighted by Gasteiger charge is 2.34. The first-order chi connectivity index (χ1) is 12.4. The number of carbonyl (C=O) groups is 1. The van der Waals surface area contributed by atoms with E-state index in [-0.39, 0.29) is 30.6 Å². The number of rotatable bonds is 8. The average molecular weight is 409 g/mol. The monoisotopic (exact) mass is 408 g/mol. The maximum absolute atomic E-state index is 13.0. The molecule has 1 aromatic carbocycles. The molecule has 1 amide bonds. The van der Waals surface area contributed by atoms with Crippen LogP contribution >= 0.6 is 12.4 Å². The molecule has 154 valence electrons. The topological polar surface area (TPSA) is 50.4 Å². The lowest BCUT2D eigenvalue weighted by atomic mass is 9.93. The minimum Gasteiger partial charge on any atom is -0.488 e. The van der Waals surface area contributed by atoms with Crippen molar-refractivity contribution in [3.63, 3.8) is 0 Å². The highest BCUT2D eigenvalue weighted by atomic mass is 35.5. The van der Waals surface area contributed by atoms with Crippen molar-refractivity contribution in [3.05, 3.63) is 29.8 Å². The van der Waals surface area contributed by atoms with E-state index in [9.17, 15) is 18.0 Å². The van der Waals surface area contributed by atoms with Crippen molar-refractivity contribution >= 4 is 18.3 Å². The SMILES string of the molecule is CCC(CNC(=O)CCC1CCNCC1)Oc1ccccc1C(F)(F)F.Cl. The van der Waals surface area contributed by atoms with Gasteiger partial charge in [0.2, 0.25) is 5.91 Å². The Kier molecular flexibility index (Phi) is 9.94. The largest absolute Gasteiger partial charge is 0.488 e. The van der Waals surface area contributed by atoms with E-state index in [0.29, 0.717) is 18.8 Å². The smallest absolute Gasteiger partial charge is 0.419 e. The van der Waals surface area contributed by atoms with Crippen LogP contribution in [-0.4, -0.2) is 31.6 Å². The summed E-state index contributed by atoms with van der Waals surface area (Å²) in [4.78, 5) is 12.0. The minimum absolute atomic E-state index is 0. The molecule has 1 saturated heterocycles. The van der Waals surface area contributed by atoms with E-state index in [1.807, 2.05) is 6.92 Å². The predicted molar refractivity (Wildman–Crippen MR) is 101 cm³/mol. The second-order valence-corrected chi connectivity index (χ2v) is 6.68. The Bertz CT molecular complexity index is 578. The predicted octanol–water partition coefficient (Wildman–Crippen LogP) is 4.18.